The molecule has 2 fully saturated rings. The van der Waals surface area contributed by atoms with Gasteiger partial charge in [0, 0.05) is 48.9 Å². The summed E-state index contributed by atoms with van der Waals surface area (Å²) in [6.07, 6.45) is 2.04. The van der Waals surface area contributed by atoms with E-state index < -0.39 is 0 Å². The van der Waals surface area contributed by atoms with Gasteiger partial charge in [-0.05, 0) is 87.6 Å². The fourth-order valence-electron chi connectivity index (χ4n) is 5.87. The number of halogens is 1. The number of likely N-dealkylation sites (N-methyl/N-ethyl adjacent to an activating group) is 1. The Morgan fingerprint density at radius 2 is 1.73 bits per heavy atom. The van der Waals surface area contributed by atoms with Gasteiger partial charge in [0.15, 0.2) is 0 Å². The number of urea groups is 1. The number of hydrogen-bond acceptors (Lipinski definition) is 4. The van der Waals surface area contributed by atoms with Crippen molar-refractivity contribution < 1.29 is 13.9 Å². The minimum atomic E-state index is -0.308. The van der Waals surface area contributed by atoms with E-state index in [1.807, 2.05) is 41.3 Å². The van der Waals surface area contributed by atoms with Crippen LogP contribution in [-0.2, 0) is 0 Å². The van der Waals surface area contributed by atoms with Gasteiger partial charge in [0.25, 0.3) is 0 Å². The molecule has 2 amide bonds. The number of anilines is 1. The van der Waals surface area contributed by atoms with E-state index >= 15 is 0 Å². The smallest absolute Gasteiger partial charge is 0.321 e. The van der Waals surface area contributed by atoms with Gasteiger partial charge in [-0.2, -0.15) is 0 Å². The molecule has 208 valence electrons. The molecular weight excluding hydrogens is 503 g/mol. The first kappa shape index (κ1) is 27.7. The van der Waals surface area contributed by atoms with E-state index in [4.69, 9.17) is 4.74 Å². The molecular formula is C33H37FN4O2. The fourth-order valence-corrected chi connectivity index (χ4v) is 5.87. The van der Waals surface area contributed by atoms with Crippen molar-refractivity contribution in [2.45, 2.75) is 30.8 Å². The highest BCUT2D eigenvalue weighted by atomic mass is 19.1. The van der Waals surface area contributed by atoms with Crippen molar-refractivity contribution in [3.63, 3.8) is 0 Å². The average Bonchev–Trinajstić information content (AvgIpc) is 2.94. The van der Waals surface area contributed by atoms with E-state index in [0.29, 0.717) is 24.1 Å². The minimum absolute atomic E-state index is 0.0689. The van der Waals surface area contributed by atoms with Crippen LogP contribution in [0.3, 0.4) is 0 Å². The van der Waals surface area contributed by atoms with E-state index in [2.05, 4.69) is 53.2 Å². The third-order valence-corrected chi connectivity index (χ3v) is 7.87. The molecule has 1 N–H and O–H groups in total. The van der Waals surface area contributed by atoms with Gasteiger partial charge in [0.2, 0.25) is 0 Å². The normalized spacial score (nSPS) is 20.8. The number of hydrogen-bond donors (Lipinski definition) is 1. The molecule has 0 spiro atoms. The van der Waals surface area contributed by atoms with Crippen LogP contribution in [0.5, 0.6) is 5.75 Å². The summed E-state index contributed by atoms with van der Waals surface area (Å²) in [5.41, 5.74) is 3.26. The summed E-state index contributed by atoms with van der Waals surface area (Å²) < 4.78 is 19.2. The Morgan fingerprint density at radius 3 is 2.42 bits per heavy atom. The summed E-state index contributed by atoms with van der Waals surface area (Å²) in [5.74, 6) is 6.79. The number of rotatable bonds is 5. The van der Waals surface area contributed by atoms with E-state index in [1.165, 1.54) is 11.6 Å². The second-order valence-electron chi connectivity index (χ2n) is 10.8. The van der Waals surface area contributed by atoms with E-state index in [-0.39, 0.29) is 17.9 Å². The number of methoxy groups -OCH3 is 1. The van der Waals surface area contributed by atoms with Crippen molar-refractivity contribution in [1.29, 1.82) is 0 Å². The van der Waals surface area contributed by atoms with Crippen molar-refractivity contribution in [1.82, 2.24) is 14.7 Å². The van der Waals surface area contributed by atoms with Crippen LogP contribution in [0.4, 0.5) is 14.9 Å². The van der Waals surface area contributed by atoms with Crippen LogP contribution < -0.4 is 10.1 Å². The lowest BCUT2D eigenvalue weighted by Gasteiger charge is -2.58. The van der Waals surface area contributed by atoms with Gasteiger partial charge in [-0.15, -0.1) is 0 Å². The summed E-state index contributed by atoms with van der Waals surface area (Å²) in [7, 11) is 5.86. The van der Waals surface area contributed by atoms with Gasteiger partial charge < -0.3 is 19.9 Å². The third kappa shape index (κ3) is 6.30. The Balaban J connectivity index is 1.34. The molecule has 3 aromatic carbocycles. The standard InChI is InChI=1S/C33H37FN4O2/c1-36(2)22-30-32(26-14-11-24(12-15-26)10-13-25-8-4-5-9-29(25)34)31-23-37(20-6-7-21-38(30)31)33(39)35-27-16-18-28(40-3)19-17-27/h4-5,8-9,11-12,14-19,30-32H,6-7,20-23H2,1-3H3,(H,35,39)/t30-,31+,32+/m1/s1. The fraction of sp³-hybridized carbons (Fsp3) is 0.364. The summed E-state index contributed by atoms with van der Waals surface area (Å²) in [6.45, 7) is 3.40. The van der Waals surface area contributed by atoms with Gasteiger partial charge in [-0.25, -0.2) is 9.18 Å². The van der Waals surface area contributed by atoms with Crippen molar-refractivity contribution in [2.75, 3.05) is 52.7 Å². The SMILES string of the molecule is COc1ccc(NC(=O)N2CCCCN3[C@H](CN(C)C)[C@H](c4ccc(C#Cc5ccccc5F)cc4)[C@@H]3C2)cc1. The summed E-state index contributed by atoms with van der Waals surface area (Å²) in [5, 5.41) is 3.07. The molecule has 3 aromatic rings. The molecule has 0 aliphatic carbocycles. The largest absolute Gasteiger partial charge is 0.497 e. The molecule has 0 bridgehead atoms. The quantitative estimate of drug-likeness (QED) is 0.449. The Hall–Kier alpha value is -3.86. The third-order valence-electron chi connectivity index (χ3n) is 7.87. The van der Waals surface area contributed by atoms with Crippen LogP contribution in [0.1, 0.15) is 35.4 Å². The van der Waals surface area contributed by atoms with Gasteiger partial charge in [0.1, 0.15) is 11.6 Å². The first-order valence-electron chi connectivity index (χ1n) is 13.9. The molecule has 6 nitrogen and oxygen atoms in total. The molecule has 0 unspecified atom stereocenters. The summed E-state index contributed by atoms with van der Waals surface area (Å²) in [4.78, 5) is 20.1. The van der Waals surface area contributed by atoms with Crippen LogP contribution in [0.2, 0.25) is 0 Å². The number of benzene rings is 3. The number of amides is 2. The lowest BCUT2D eigenvalue weighted by Crippen LogP contribution is -2.69. The maximum atomic E-state index is 14.0. The topological polar surface area (TPSA) is 48.1 Å². The highest BCUT2D eigenvalue weighted by Gasteiger charge is 2.49. The maximum Gasteiger partial charge on any atom is 0.321 e. The van der Waals surface area contributed by atoms with Crippen molar-refractivity contribution in [3.05, 3.63) is 95.3 Å². The molecule has 3 atom stereocenters. The van der Waals surface area contributed by atoms with Crippen molar-refractivity contribution >= 4 is 11.7 Å². The summed E-state index contributed by atoms with van der Waals surface area (Å²) >= 11 is 0. The molecule has 2 saturated heterocycles. The molecule has 2 aliphatic heterocycles. The predicted molar refractivity (Wildman–Crippen MR) is 157 cm³/mol. The zero-order valence-electron chi connectivity index (χ0n) is 23.4. The first-order valence-corrected chi connectivity index (χ1v) is 13.9. The number of nitrogens with zero attached hydrogens (tertiary/aromatic N) is 3. The Labute approximate surface area is 236 Å². The maximum absolute atomic E-state index is 14.0. The Kier molecular flexibility index (Phi) is 8.69. The zero-order valence-corrected chi connectivity index (χ0v) is 23.4. The van der Waals surface area contributed by atoms with Crippen LogP contribution in [0, 0.1) is 17.7 Å². The highest BCUT2D eigenvalue weighted by Crippen LogP contribution is 2.42. The van der Waals surface area contributed by atoms with Gasteiger partial charge >= 0.3 is 6.03 Å². The summed E-state index contributed by atoms with van der Waals surface area (Å²) in [6, 6.07) is 22.9. The van der Waals surface area contributed by atoms with Crippen molar-refractivity contribution in [3.8, 4) is 17.6 Å². The highest BCUT2D eigenvalue weighted by molar-refractivity contribution is 5.89. The molecule has 0 radical (unpaired) electrons. The van der Waals surface area contributed by atoms with Crippen LogP contribution in [0.15, 0.2) is 72.8 Å². The zero-order chi connectivity index (χ0) is 28.1. The Bertz CT molecular complexity index is 1360. The monoisotopic (exact) mass is 540 g/mol. The second kappa shape index (κ2) is 12.5. The van der Waals surface area contributed by atoms with Gasteiger partial charge in [0.05, 0.1) is 12.7 Å². The molecule has 40 heavy (non-hydrogen) atoms. The lowest BCUT2D eigenvalue weighted by molar-refractivity contribution is -0.0447. The van der Waals surface area contributed by atoms with E-state index in [1.54, 1.807) is 25.3 Å². The molecule has 0 saturated carbocycles. The molecule has 0 aromatic heterocycles. The van der Waals surface area contributed by atoms with Crippen LogP contribution >= 0.6 is 0 Å². The van der Waals surface area contributed by atoms with E-state index in [9.17, 15) is 9.18 Å². The number of fused-ring (bicyclic) bond motifs is 1. The average molecular weight is 541 g/mol. The van der Waals surface area contributed by atoms with Gasteiger partial charge in [-0.1, -0.05) is 36.1 Å². The number of carbonyl (C=O) groups excluding carboxylic acids is 1. The first-order chi connectivity index (χ1) is 19.4. The molecule has 2 aliphatic rings. The number of nitrogens with one attached hydrogen (secondary N) is 1. The number of carbonyl (C=O) groups is 1. The molecule has 2 heterocycles. The van der Waals surface area contributed by atoms with Crippen LogP contribution in [-0.4, -0.2) is 80.2 Å². The van der Waals surface area contributed by atoms with Crippen LogP contribution in [0.25, 0.3) is 0 Å². The number of ether oxygens (including phenoxy) is 1. The molecule has 7 heteroatoms. The minimum Gasteiger partial charge on any atom is -0.497 e. The second-order valence-corrected chi connectivity index (χ2v) is 10.8. The predicted octanol–water partition coefficient (Wildman–Crippen LogP) is 5.26. The van der Waals surface area contributed by atoms with Gasteiger partial charge in [-0.3, -0.25) is 4.90 Å². The van der Waals surface area contributed by atoms with Crippen molar-refractivity contribution in [2.24, 2.45) is 0 Å². The lowest BCUT2D eigenvalue weighted by atomic mass is 9.73. The van der Waals surface area contributed by atoms with E-state index in [0.717, 1.165) is 49.5 Å². The molecule has 5 rings (SSSR count). The Morgan fingerprint density at radius 1 is 1.00 bits per heavy atom.